The molecule has 1 atom stereocenters. The summed E-state index contributed by atoms with van der Waals surface area (Å²) in [7, 11) is 0. The summed E-state index contributed by atoms with van der Waals surface area (Å²) in [5.74, 6) is 0.754. The molecule has 0 aliphatic rings. The summed E-state index contributed by atoms with van der Waals surface area (Å²) in [4.78, 5) is 16.9. The highest BCUT2D eigenvalue weighted by molar-refractivity contribution is 5.94. The van der Waals surface area contributed by atoms with Crippen LogP contribution in [0.1, 0.15) is 19.4 Å². The average Bonchev–Trinajstić information content (AvgIpc) is 2.99. The van der Waals surface area contributed by atoms with Crippen LogP contribution in [-0.4, -0.2) is 21.6 Å². The van der Waals surface area contributed by atoms with E-state index in [1.165, 1.54) is 0 Å². The molecule has 1 N–H and O–H groups in total. The van der Waals surface area contributed by atoms with Crippen LogP contribution in [-0.2, 0) is 11.3 Å². The number of carbonyl (C=O) groups excluding carboxylic acids is 1. The number of nitrogens with zero attached hydrogens (tertiary/aromatic N) is 3. The number of nitriles is 1. The first-order chi connectivity index (χ1) is 12.1. The zero-order chi connectivity index (χ0) is 17.8. The Morgan fingerprint density at radius 1 is 1.28 bits per heavy atom. The monoisotopic (exact) mass is 334 g/mol. The van der Waals surface area contributed by atoms with E-state index in [0.717, 1.165) is 11.0 Å². The van der Waals surface area contributed by atoms with E-state index in [-0.39, 0.29) is 5.91 Å². The molecular weight excluding hydrogens is 316 g/mol. The third kappa shape index (κ3) is 3.45. The fraction of sp³-hybridized carbons (Fsp3) is 0.211. The first-order valence-corrected chi connectivity index (χ1v) is 8.05. The third-order valence-corrected chi connectivity index (χ3v) is 3.87. The van der Waals surface area contributed by atoms with E-state index in [0.29, 0.717) is 23.8 Å². The van der Waals surface area contributed by atoms with Crippen molar-refractivity contribution in [3.05, 3.63) is 54.1 Å². The maximum atomic E-state index is 12.4. The van der Waals surface area contributed by atoms with E-state index in [1.807, 2.05) is 41.8 Å². The van der Waals surface area contributed by atoms with Gasteiger partial charge < -0.3 is 9.30 Å². The zero-order valence-electron chi connectivity index (χ0n) is 14.1. The molecule has 0 fully saturated rings. The smallest absolute Gasteiger partial charge is 0.267 e. The Morgan fingerprint density at radius 3 is 2.68 bits per heavy atom. The van der Waals surface area contributed by atoms with Gasteiger partial charge in [0.1, 0.15) is 5.75 Å². The standard InChI is InChI=1S/C19H18N4O2/c1-3-23-17-7-5-4-6-16(17)21-19(23)22-18(24)13(2)25-15-10-8-14(12-20)9-11-15/h4-11,13H,3H2,1-2H3,(H,21,22,24). The van der Waals surface area contributed by atoms with Gasteiger partial charge in [0, 0.05) is 6.54 Å². The lowest BCUT2D eigenvalue weighted by atomic mass is 10.2. The number of imidazole rings is 1. The average molecular weight is 334 g/mol. The van der Waals surface area contributed by atoms with Gasteiger partial charge in [-0.15, -0.1) is 0 Å². The van der Waals surface area contributed by atoms with E-state index in [4.69, 9.17) is 10.00 Å². The summed E-state index contributed by atoms with van der Waals surface area (Å²) in [6.07, 6.45) is -0.696. The van der Waals surface area contributed by atoms with Gasteiger partial charge in [-0.3, -0.25) is 10.1 Å². The van der Waals surface area contributed by atoms with Gasteiger partial charge in [-0.2, -0.15) is 5.26 Å². The van der Waals surface area contributed by atoms with Crippen molar-refractivity contribution in [2.75, 3.05) is 5.32 Å². The van der Waals surface area contributed by atoms with Gasteiger partial charge in [-0.1, -0.05) is 12.1 Å². The molecule has 1 unspecified atom stereocenters. The van der Waals surface area contributed by atoms with Gasteiger partial charge in [0.15, 0.2) is 6.10 Å². The van der Waals surface area contributed by atoms with Crippen LogP contribution in [0.4, 0.5) is 5.95 Å². The highest BCUT2D eigenvalue weighted by Gasteiger charge is 2.18. The Labute approximate surface area is 145 Å². The number of hydrogen-bond acceptors (Lipinski definition) is 4. The number of rotatable bonds is 5. The Balaban J connectivity index is 1.74. The van der Waals surface area contributed by atoms with Gasteiger partial charge in [-0.25, -0.2) is 4.98 Å². The number of para-hydroxylation sites is 2. The topological polar surface area (TPSA) is 79.9 Å². The zero-order valence-corrected chi connectivity index (χ0v) is 14.1. The quantitative estimate of drug-likeness (QED) is 0.776. The van der Waals surface area contributed by atoms with Crippen LogP contribution in [0.25, 0.3) is 11.0 Å². The predicted octanol–water partition coefficient (Wildman–Crippen LogP) is 3.33. The number of fused-ring (bicyclic) bond motifs is 1. The molecule has 0 bridgehead atoms. The van der Waals surface area contributed by atoms with Crippen LogP contribution < -0.4 is 10.1 Å². The van der Waals surface area contributed by atoms with Crippen LogP contribution in [0.5, 0.6) is 5.75 Å². The van der Waals surface area contributed by atoms with Crippen molar-refractivity contribution in [3.8, 4) is 11.8 Å². The largest absolute Gasteiger partial charge is 0.481 e. The number of nitrogens with one attached hydrogen (secondary N) is 1. The minimum Gasteiger partial charge on any atom is -0.481 e. The van der Waals surface area contributed by atoms with Crippen LogP contribution in [0.15, 0.2) is 48.5 Å². The van der Waals surface area contributed by atoms with Gasteiger partial charge in [0.25, 0.3) is 5.91 Å². The summed E-state index contributed by atoms with van der Waals surface area (Å²) < 4.78 is 7.58. The summed E-state index contributed by atoms with van der Waals surface area (Å²) in [5.41, 5.74) is 2.35. The Morgan fingerprint density at radius 2 is 2.00 bits per heavy atom. The molecule has 25 heavy (non-hydrogen) atoms. The molecule has 0 radical (unpaired) electrons. The molecular formula is C19H18N4O2. The number of carbonyl (C=O) groups is 1. The van der Waals surface area contributed by atoms with Crippen LogP contribution in [0, 0.1) is 11.3 Å². The fourth-order valence-electron chi connectivity index (χ4n) is 2.57. The SMILES string of the molecule is CCn1c(NC(=O)C(C)Oc2ccc(C#N)cc2)nc2ccccc21. The van der Waals surface area contributed by atoms with Crippen LogP contribution >= 0.6 is 0 Å². The number of benzene rings is 2. The van der Waals surface area contributed by atoms with Crippen molar-refractivity contribution in [2.45, 2.75) is 26.5 Å². The number of aromatic nitrogens is 2. The molecule has 1 amide bonds. The number of aryl methyl sites for hydroxylation is 1. The maximum Gasteiger partial charge on any atom is 0.267 e. The van der Waals surface area contributed by atoms with Crippen molar-refractivity contribution in [3.63, 3.8) is 0 Å². The summed E-state index contributed by atoms with van der Waals surface area (Å²) in [6.45, 7) is 4.37. The molecule has 1 aromatic heterocycles. The lowest BCUT2D eigenvalue weighted by molar-refractivity contribution is -0.122. The highest BCUT2D eigenvalue weighted by atomic mass is 16.5. The van der Waals surface area contributed by atoms with Crippen molar-refractivity contribution in [2.24, 2.45) is 0 Å². The molecule has 2 aromatic carbocycles. The second kappa shape index (κ2) is 7.05. The molecule has 0 saturated carbocycles. The minimum absolute atomic E-state index is 0.283. The fourth-order valence-corrected chi connectivity index (χ4v) is 2.57. The Hall–Kier alpha value is -3.33. The summed E-state index contributed by atoms with van der Waals surface area (Å²) in [5, 5.41) is 11.6. The number of hydrogen-bond donors (Lipinski definition) is 1. The first-order valence-electron chi connectivity index (χ1n) is 8.05. The Bertz CT molecular complexity index is 938. The highest BCUT2D eigenvalue weighted by Crippen LogP contribution is 2.20. The molecule has 3 aromatic rings. The predicted molar refractivity (Wildman–Crippen MR) is 95.3 cm³/mol. The second-order valence-electron chi connectivity index (χ2n) is 5.55. The molecule has 0 aliphatic heterocycles. The van der Waals surface area contributed by atoms with Crippen LogP contribution in [0.2, 0.25) is 0 Å². The van der Waals surface area contributed by atoms with E-state index in [9.17, 15) is 4.79 Å². The molecule has 6 nitrogen and oxygen atoms in total. The second-order valence-corrected chi connectivity index (χ2v) is 5.55. The normalized spacial score (nSPS) is 11.7. The molecule has 126 valence electrons. The number of ether oxygens (including phenoxy) is 1. The molecule has 1 heterocycles. The van der Waals surface area contributed by atoms with E-state index in [2.05, 4.69) is 10.3 Å². The van der Waals surface area contributed by atoms with Gasteiger partial charge in [0.05, 0.1) is 22.7 Å². The lowest BCUT2D eigenvalue weighted by Gasteiger charge is -2.15. The van der Waals surface area contributed by atoms with E-state index < -0.39 is 6.10 Å². The lowest BCUT2D eigenvalue weighted by Crippen LogP contribution is -2.31. The van der Waals surface area contributed by atoms with Crippen molar-refractivity contribution >= 4 is 22.9 Å². The minimum atomic E-state index is -0.696. The molecule has 3 rings (SSSR count). The molecule has 6 heteroatoms. The number of amides is 1. The molecule has 0 spiro atoms. The first kappa shape index (κ1) is 16.5. The van der Waals surface area contributed by atoms with E-state index in [1.54, 1.807) is 31.2 Å². The molecule has 0 aliphatic carbocycles. The third-order valence-electron chi connectivity index (χ3n) is 3.87. The van der Waals surface area contributed by atoms with Crippen molar-refractivity contribution in [1.82, 2.24) is 9.55 Å². The van der Waals surface area contributed by atoms with Crippen molar-refractivity contribution < 1.29 is 9.53 Å². The van der Waals surface area contributed by atoms with E-state index >= 15 is 0 Å². The van der Waals surface area contributed by atoms with Gasteiger partial charge in [0.2, 0.25) is 5.95 Å². The maximum absolute atomic E-state index is 12.4. The summed E-state index contributed by atoms with van der Waals surface area (Å²) in [6, 6.07) is 16.4. The van der Waals surface area contributed by atoms with Crippen LogP contribution in [0.3, 0.4) is 0 Å². The number of anilines is 1. The van der Waals surface area contributed by atoms with Crippen molar-refractivity contribution in [1.29, 1.82) is 5.26 Å². The Kier molecular flexibility index (Phi) is 4.66. The molecule has 0 saturated heterocycles. The van der Waals surface area contributed by atoms with Gasteiger partial charge >= 0.3 is 0 Å². The van der Waals surface area contributed by atoms with Gasteiger partial charge in [-0.05, 0) is 50.2 Å². The summed E-state index contributed by atoms with van der Waals surface area (Å²) >= 11 is 0.